The highest BCUT2D eigenvalue weighted by Gasteiger charge is 2.37. The van der Waals surface area contributed by atoms with Gasteiger partial charge in [0.25, 0.3) is 10.1 Å². The molecule has 2 aromatic carbocycles. The Hall–Kier alpha value is -2.90. The lowest BCUT2D eigenvalue weighted by Gasteiger charge is -2.38. The zero-order chi connectivity index (χ0) is 23.6. The molecule has 0 spiro atoms. The molecule has 4 rings (SSSR count). The summed E-state index contributed by atoms with van der Waals surface area (Å²) in [5, 5.41) is -1.16. The predicted molar refractivity (Wildman–Crippen MR) is 132 cm³/mol. The first-order chi connectivity index (χ1) is 15.9. The zero-order valence-electron chi connectivity index (χ0n) is 19.3. The molecule has 1 atom stereocenters. The Kier molecular flexibility index (Phi) is 6.72. The summed E-state index contributed by atoms with van der Waals surface area (Å²) in [4.78, 5) is 6.70. The number of aryl methyl sites for hydroxylation is 2. The Bertz CT molecular complexity index is 1260. The van der Waals surface area contributed by atoms with Gasteiger partial charge in [0.1, 0.15) is 0 Å². The second kappa shape index (κ2) is 9.53. The Balaban J connectivity index is 2.01. The van der Waals surface area contributed by atoms with E-state index >= 15 is 0 Å². The number of fused-ring (bicyclic) bond motifs is 2. The van der Waals surface area contributed by atoms with Crippen molar-refractivity contribution in [2.24, 2.45) is 0 Å². The summed E-state index contributed by atoms with van der Waals surface area (Å²) < 4.78 is 41.4. The minimum atomic E-state index is -4.39. The van der Waals surface area contributed by atoms with Crippen molar-refractivity contribution in [3.05, 3.63) is 65.9 Å². The van der Waals surface area contributed by atoms with Gasteiger partial charge in [-0.05, 0) is 49.1 Å². The number of benzene rings is 2. The van der Waals surface area contributed by atoms with Gasteiger partial charge in [-0.15, -0.1) is 0 Å². The topological polar surface area (TPSA) is 79.7 Å². The van der Waals surface area contributed by atoms with Gasteiger partial charge in [0, 0.05) is 11.3 Å². The third-order valence-corrected chi connectivity index (χ3v) is 7.11. The molecule has 0 fully saturated rings. The van der Waals surface area contributed by atoms with E-state index in [1.165, 1.54) is 0 Å². The third kappa shape index (κ3) is 4.48. The fourth-order valence-corrected chi connectivity index (χ4v) is 5.39. The lowest BCUT2D eigenvalue weighted by Crippen LogP contribution is -2.39. The van der Waals surface area contributed by atoms with E-state index in [0.29, 0.717) is 22.9 Å². The van der Waals surface area contributed by atoms with E-state index < -0.39 is 15.5 Å². The largest absolute Gasteiger partial charge is 0.453 e. The first-order valence-corrected chi connectivity index (χ1v) is 13.0. The van der Waals surface area contributed by atoms with Crippen LogP contribution in [0, 0.1) is 0 Å². The molecule has 0 saturated heterocycles. The Morgan fingerprint density at radius 1 is 0.939 bits per heavy atom. The van der Waals surface area contributed by atoms with Crippen LogP contribution in [0.4, 0.5) is 11.4 Å². The minimum Gasteiger partial charge on any atom is -0.453 e. The molecule has 0 bridgehead atoms. The summed E-state index contributed by atoms with van der Waals surface area (Å²) in [6.07, 6.45) is 3.86. The number of ether oxygens (including phenoxy) is 1. The molecular weight excluding hydrogens is 436 g/mol. The molecule has 0 saturated carbocycles. The average Bonchev–Trinajstić information content (AvgIpc) is 2.79. The summed E-state index contributed by atoms with van der Waals surface area (Å²) in [6.45, 7) is 6.00. The molecule has 7 heteroatoms. The minimum absolute atomic E-state index is 0.200. The third-order valence-electron chi connectivity index (χ3n) is 5.88. The number of hydrogen-bond donors (Lipinski definition) is 1. The van der Waals surface area contributed by atoms with Crippen molar-refractivity contribution in [1.82, 2.24) is 4.98 Å². The lowest BCUT2D eigenvalue weighted by molar-refractivity contribution is 0.452. The smallest absolute Gasteiger partial charge is 0.286 e. The van der Waals surface area contributed by atoms with Crippen LogP contribution in [0.3, 0.4) is 0 Å². The molecule has 1 aromatic heterocycles. The van der Waals surface area contributed by atoms with Gasteiger partial charge in [-0.25, -0.2) is 0 Å². The van der Waals surface area contributed by atoms with Crippen LogP contribution in [0.25, 0.3) is 11.3 Å². The van der Waals surface area contributed by atoms with E-state index in [2.05, 4.69) is 26.0 Å². The number of aromatic nitrogens is 1. The molecule has 1 N–H and O–H groups in total. The molecule has 2 heterocycles. The lowest BCUT2D eigenvalue weighted by atomic mass is 9.97. The standard InChI is InChI=1S/C26H30N2O4S/c1-4-10-18-16-17-19(11-5-2)27-25(18)20-12-9-15-23-26(20)28(24(6-3)33(29,30)31)21-13-7-8-14-22(21)32-23/h7-9,12-17,24H,4-6,10-11H2,1-3H3,(H,29,30,31). The predicted octanol–water partition coefficient (Wildman–Crippen LogP) is 6.52. The number of rotatable bonds is 8. The van der Waals surface area contributed by atoms with Crippen LogP contribution in [-0.2, 0) is 23.0 Å². The number of pyridine rings is 1. The zero-order valence-corrected chi connectivity index (χ0v) is 20.1. The molecule has 1 aliphatic rings. The molecule has 6 nitrogen and oxygen atoms in total. The highest BCUT2D eigenvalue weighted by atomic mass is 32.2. The Labute approximate surface area is 196 Å². The van der Waals surface area contributed by atoms with Crippen LogP contribution < -0.4 is 9.64 Å². The Morgan fingerprint density at radius 3 is 2.36 bits per heavy atom. The molecule has 1 aliphatic heterocycles. The van der Waals surface area contributed by atoms with E-state index in [9.17, 15) is 13.0 Å². The van der Waals surface area contributed by atoms with Crippen LogP contribution in [0.5, 0.6) is 11.5 Å². The van der Waals surface area contributed by atoms with Crippen molar-refractivity contribution in [2.75, 3.05) is 4.90 Å². The second-order valence-electron chi connectivity index (χ2n) is 8.28. The van der Waals surface area contributed by atoms with Crippen molar-refractivity contribution in [1.29, 1.82) is 0 Å². The van der Waals surface area contributed by atoms with E-state index in [0.717, 1.165) is 48.2 Å². The van der Waals surface area contributed by atoms with Gasteiger partial charge in [0.15, 0.2) is 16.9 Å². The first-order valence-electron chi connectivity index (χ1n) is 11.5. The first kappa shape index (κ1) is 23.3. The molecule has 174 valence electrons. The quantitative estimate of drug-likeness (QED) is 0.381. The number of hydrogen-bond acceptors (Lipinski definition) is 5. The fraction of sp³-hybridized carbons (Fsp3) is 0.346. The molecule has 0 aliphatic carbocycles. The maximum atomic E-state index is 12.5. The molecular formula is C26H30N2O4S. The maximum absolute atomic E-state index is 12.5. The SMILES string of the molecule is CCCc1ccc(CCC)c(-c2cccc3c2N(C(CC)S(=O)(=O)O)c2ccccc2O3)n1. The van der Waals surface area contributed by atoms with E-state index in [1.807, 2.05) is 36.4 Å². The number of para-hydroxylation sites is 3. The van der Waals surface area contributed by atoms with Crippen LogP contribution in [0.1, 0.15) is 51.3 Å². The van der Waals surface area contributed by atoms with Gasteiger partial charge in [0.2, 0.25) is 0 Å². The van der Waals surface area contributed by atoms with Crippen LogP contribution in [-0.4, -0.2) is 23.3 Å². The molecule has 1 unspecified atom stereocenters. The van der Waals surface area contributed by atoms with Gasteiger partial charge in [-0.2, -0.15) is 8.42 Å². The van der Waals surface area contributed by atoms with Gasteiger partial charge in [-0.1, -0.05) is 63.9 Å². The van der Waals surface area contributed by atoms with Crippen LogP contribution in [0.15, 0.2) is 54.6 Å². The van der Waals surface area contributed by atoms with E-state index in [1.54, 1.807) is 17.9 Å². The van der Waals surface area contributed by atoms with Crippen LogP contribution in [0.2, 0.25) is 0 Å². The van der Waals surface area contributed by atoms with E-state index in [4.69, 9.17) is 9.72 Å². The fourth-order valence-electron chi connectivity index (χ4n) is 4.48. The highest BCUT2D eigenvalue weighted by molar-refractivity contribution is 7.86. The number of anilines is 2. The molecule has 3 aromatic rings. The monoisotopic (exact) mass is 466 g/mol. The Morgan fingerprint density at radius 2 is 1.67 bits per heavy atom. The van der Waals surface area contributed by atoms with Gasteiger partial charge < -0.3 is 9.64 Å². The summed E-state index contributed by atoms with van der Waals surface area (Å²) in [7, 11) is -4.39. The summed E-state index contributed by atoms with van der Waals surface area (Å²) in [5.74, 6) is 1.09. The maximum Gasteiger partial charge on any atom is 0.286 e. The van der Waals surface area contributed by atoms with Crippen molar-refractivity contribution >= 4 is 21.5 Å². The van der Waals surface area contributed by atoms with Crippen molar-refractivity contribution in [3.8, 4) is 22.8 Å². The summed E-state index contributed by atoms with van der Waals surface area (Å²) >= 11 is 0. The molecule has 0 amide bonds. The van der Waals surface area contributed by atoms with Crippen molar-refractivity contribution in [2.45, 2.75) is 58.2 Å². The van der Waals surface area contributed by atoms with Gasteiger partial charge in [0.05, 0.1) is 17.1 Å². The summed E-state index contributed by atoms with van der Waals surface area (Å²) in [6, 6.07) is 17.2. The van der Waals surface area contributed by atoms with Gasteiger partial charge in [-0.3, -0.25) is 9.54 Å². The van der Waals surface area contributed by atoms with Gasteiger partial charge >= 0.3 is 0 Å². The average molecular weight is 467 g/mol. The van der Waals surface area contributed by atoms with Crippen molar-refractivity contribution < 1.29 is 17.7 Å². The number of nitrogens with zero attached hydrogens (tertiary/aromatic N) is 2. The second-order valence-corrected chi connectivity index (χ2v) is 9.85. The highest BCUT2D eigenvalue weighted by Crippen LogP contribution is 2.52. The van der Waals surface area contributed by atoms with Crippen molar-refractivity contribution in [3.63, 3.8) is 0 Å². The summed E-state index contributed by atoms with van der Waals surface area (Å²) in [5.41, 5.74) is 4.94. The molecule has 0 radical (unpaired) electrons. The van der Waals surface area contributed by atoms with E-state index in [-0.39, 0.29) is 6.42 Å². The van der Waals surface area contributed by atoms with Crippen LogP contribution >= 0.6 is 0 Å². The normalized spacial score (nSPS) is 13.8. The molecule has 33 heavy (non-hydrogen) atoms.